The van der Waals surface area contributed by atoms with Gasteiger partial charge in [0.15, 0.2) is 11.8 Å². The van der Waals surface area contributed by atoms with E-state index in [2.05, 4.69) is 0 Å². The molecule has 0 aliphatic rings. The van der Waals surface area contributed by atoms with Gasteiger partial charge in [-0.15, -0.1) is 0 Å². The minimum absolute atomic E-state index is 0.140. The van der Waals surface area contributed by atoms with Gasteiger partial charge >= 0.3 is 0 Å². The van der Waals surface area contributed by atoms with Gasteiger partial charge in [-0.2, -0.15) is 4.57 Å². The molecule has 0 unspecified atom stereocenters. The molecular formula is C25H22NO+. The van der Waals surface area contributed by atoms with Crippen molar-refractivity contribution in [2.24, 2.45) is 7.05 Å². The highest BCUT2D eigenvalue weighted by atomic mass is 16.3. The van der Waals surface area contributed by atoms with Crippen LogP contribution >= 0.6 is 0 Å². The van der Waals surface area contributed by atoms with E-state index in [0.717, 1.165) is 33.0 Å². The number of rotatable bonds is 1. The van der Waals surface area contributed by atoms with Crippen LogP contribution in [0.2, 0.25) is 0 Å². The zero-order valence-electron chi connectivity index (χ0n) is 21.1. The quantitative estimate of drug-likeness (QED) is 0.328. The molecule has 0 aliphatic carbocycles. The summed E-state index contributed by atoms with van der Waals surface area (Å²) < 4.78 is 55.5. The van der Waals surface area contributed by atoms with E-state index in [9.17, 15) is 0 Å². The molecule has 0 saturated carbocycles. The fourth-order valence-corrected chi connectivity index (χ4v) is 4.03. The number of furan rings is 1. The lowest BCUT2D eigenvalue weighted by Gasteiger charge is -2.08. The molecule has 0 atom stereocenters. The smallest absolute Gasteiger partial charge is 0.224 e. The van der Waals surface area contributed by atoms with Crippen LogP contribution in [0, 0.1) is 20.6 Å². The maximum absolute atomic E-state index is 8.10. The van der Waals surface area contributed by atoms with Crippen LogP contribution in [0.1, 0.15) is 24.9 Å². The van der Waals surface area contributed by atoms with Crippen molar-refractivity contribution in [1.29, 1.82) is 0 Å². The van der Waals surface area contributed by atoms with E-state index in [0.29, 0.717) is 16.6 Å². The third-order valence-electron chi connectivity index (χ3n) is 5.22. The first kappa shape index (κ1) is 10.9. The average Bonchev–Trinajstić information content (AvgIpc) is 3.12. The van der Waals surface area contributed by atoms with Gasteiger partial charge in [-0.05, 0) is 49.1 Å². The van der Waals surface area contributed by atoms with Crippen molar-refractivity contribution in [3.63, 3.8) is 0 Å². The Hall–Kier alpha value is -3.13. The molecule has 27 heavy (non-hydrogen) atoms. The molecule has 5 rings (SSSR count). The van der Waals surface area contributed by atoms with Gasteiger partial charge in [0.1, 0.15) is 18.0 Å². The summed E-state index contributed by atoms with van der Waals surface area (Å²) in [4.78, 5) is 0. The molecule has 0 fully saturated rings. The van der Waals surface area contributed by atoms with Crippen molar-refractivity contribution in [3.05, 3.63) is 77.5 Å². The number of benzene rings is 3. The van der Waals surface area contributed by atoms with Crippen LogP contribution in [0.4, 0.5) is 0 Å². The normalized spacial score (nSPS) is 15.9. The lowest BCUT2D eigenvalue weighted by Crippen LogP contribution is -2.31. The minimum atomic E-state index is -2.36. The van der Waals surface area contributed by atoms with Crippen LogP contribution in [0.5, 0.6) is 0 Å². The Morgan fingerprint density at radius 3 is 2.63 bits per heavy atom. The molecule has 5 aromatic rings. The Bertz CT molecular complexity index is 1560. The van der Waals surface area contributed by atoms with E-state index >= 15 is 0 Å². The van der Waals surface area contributed by atoms with Gasteiger partial charge in [0.2, 0.25) is 5.69 Å². The van der Waals surface area contributed by atoms with E-state index in [1.54, 1.807) is 29.0 Å². The first-order valence-corrected chi connectivity index (χ1v) is 8.85. The SMILES string of the molecule is [2H]C([2H])([2H])c1ccc(-c2c3c(oc4ccc5ccccc5c43)c(C([2H])([2H])[2H])c[n+]2C)c(C)c1. The number of fused-ring (bicyclic) bond motifs is 5. The molecule has 3 aromatic carbocycles. The van der Waals surface area contributed by atoms with Crippen molar-refractivity contribution in [3.8, 4) is 11.3 Å². The second-order valence-electron chi connectivity index (χ2n) is 7.00. The second-order valence-corrected chi connectivity index (χ2v) is 7.00. The van der Waals surface area contributed by atoms with E-state index in [1.807, 2.05) is 50.4 Å². The van der Waals surface area contributed by atoms with Crippen LogP contribution < -0.4 is 4.57 Å². The monoisotopic (exact) mass is 358 g/mol. The topological polar surface area (TPSA) is 17.0 Å². The number of aromatic nitrogens is 1. The first-order valence-electron chi connectivity index (χ1n) is 11.9. The molecule has 0 saturated heterocycles. The average molecular weight is 358 g/mol. The molecule has 0 bridgehead atoms. The molecule has 0 spiro atoms. The van der Waals surface area contributed by atoms with Crippen molar-refractivity contribution in [2.45, 2.75) is 20.6 Å². The number of aryl methyl sites for hydroxylation is 4. The molecule has 2 aromatic heterocycles. The predicted octanol–water partition coefficient (Wildman–Crippen LogP) is 6.16. The summed E-state index contributed by atoms with van der Waals surface area (Å²) in [5, 5.41) is 3.55. The zero-order valence-corrected chi connectivity index (χ0v) is 15.1. The molecule has 0 N–H and O–H groups in total. The van der Waals surface area contributed by atoms with E-state index in [4.69, 9.17) is 12.6 Å². The van der Waals surface area contributed by atoms with E-state index in [-0.39, 0.29) is 11.1 Å². The summed E-state index contributed by atoms with van der Waals surface area (Å²) in [6, 6.07) is 16.8. The number of hydrogen-bond acceptors (Lipinski definition) is 1. The fraction of sp³-hybridized carbons (Fsp3) is 0.160. The van der Waals surface area contributed by atoms with E-state index < -0.39 is 13.7 Å². The van der Waals surface area contributed by atoms with Crippen molar-refractivity contribution in [1.82, 2.24) is 0 Å². The standard InChI is InChI=1S/C25H22NO/c1-15-9-11-19(16(2)13-15)24-23-22-20-8-6-5-7-18(20)10-12-21(22)27-25(23)17(3)14-26(24)4/h5-14H,1-4H3/q+1/i1D3,3D3. The van der Waals surface area contributed by atoms with Crippen LogP contribution in [0.25, 0.3) is 44.0 Å². The van der Waals surface area contributed by atoms with Crippen molar-refractivity contribution < 1.29 is 17.2 Å². The maximum atomic E-state index is 8.10. The van der Waals surface area contributed by atoms with Gasteiger partial charge in [-0.3, -0.25) is 0 Å². The summed E-state index contributed by atoms with van der Waals surface area (Å²) in [6.45, 7) is -2.70. The van der Waals surface area contributed by atoms with Gasteiger partial charge in [-0.1, -0.05) is 48.0 Å². The Morgan fingerprint density at radius 1 is 0.926 bits per heavy atom. The molecule has 2 heterocycles. The molecule has 132 valence electrons. The van der Waals surface area contributed by atoms with Gasteiger partial charge in [0.25, 0.3) is 0 Å². The van der Waals surface area contributed by atoms with Gasteiger partial charge < -0.3 is 4.42 Å². The third kappa shape index (κ3) is 2.30. The number of nitrogens with zero attached hydrogens (tertiary/aromatic N) is 1. The molecule has 2 heteroatoms. The molecule has 2 nitrogen and oxygen atoms in total. The number of hydrogen-bond donors (Lipinski definition) is 0. The zero-order chi connectivity index (χ0) is 23.7. The minimum Gasteiger partial charge on any atom is -0.455 e. The summed E-state index contributed by atoms with van der Waals surface area (Å²) >= 11 is 0. The van der Waals surface area contributed by atoms with Crippen LogP contribution in [-0.4, -0.2) is 0 Å². The van der Waals surface area contributed by atoms with Crippen LogP contribution in [0.15, 0.2) is 65.2 Å². The molecule has 0 aliphatic heterocycles. The summed E-state index contributed by atoms with van der Waals surface area (Å²) in [6.07, 6.45) is 1.59. The largest absolute Gasteiger partial charge is 0.455 e. The Labute approximate surface area is 167 Å². The third-order valence-corrected chi connectivity index (χ3v) is 5.22. The van der Waals surface area contributed by atoms with Gasteiger partial charge in [0, 0.05) is 19.2 Å². The summed E-state index contributed by atoms with van der Waals surface area (Å²) in [5.74, 6) is 0. The van der Waals surface area contributed by atoms with Crippen LogP contribution in [-0.2, 0) is 7.05 Å². The predicted molar refractivity (Wildman–Crippen MR) is 112 cm³/mol. The van der Waals surface area contributed by atoms with Gasteiger partial charge in [-0.25, -0.2) is 0 Å². The maximum Gasteiger partial charge on any atom is 0.224 e. The highest BCUT2D eigenvalue weighted by molar-refractivity contribution is 6.22. The van der Waals surface area contributed by atoms with Crippen LogP contribution in [0.3, 0.4) is 0 Å². The molecule has 0 amide bonds. The van der Waals surface area contributed by atoms with Gasteiger partial charge in [0.05, 0.1) is 5.56 Å². The fourth-order valence-electron chi connectivity index (χ4n) is 4.03. The highest BCUT2D eigenvalue weighted by Gasteiger charge is 2.25. The first-order chi connectivity index (χ1) is 15.5. The lowest BCUT2D eigenvalue weighted by molar-refractivity contribution is -0.659. The summed E-state index contributed by atoms with van der Waals surface area (Å²) in [5.41, 5.74) is 3.74. The molecular weight excluding hydrogens is 330 g/mol. The summed E-state index contributed by atoms with van der Waals surface area (Å²) in [7, 11) is 1.81. The Kier molecular flexibility index (Phi) is 2.29. The Balaban J connectivity index is 1.98. The lowest BCUT2D eigenvalue weighted by atomic mass is 9.96. The molecule has 0 radical (unpaired) electrons. The second kappa shape index (κ2) is 5.68. The Morgan fingerprint density at radius 2 is 1.81 bits per heavy atom. The highest BCUT2D eigenvalue weighted by Crippen LogP contribution is 2.40. The number of pyridine rings is 1. The van der Waals surface area contributed by atoms with Crippen molar-refractivity contribution in [2.75, 3.05) is 0 Å². The van der Waals surface area contributed by atoms with E-state index in [1.165, 1.54) is 0 Å². The van der Waals surface area contributed by atoms with Crippen molar-refractivity contribution >= 4 is 32.7 Å².